The average molecular weight is 404 g/mol. The van der Waals surface area contributed by atoms with Gasteiger partial charge in [-0.3, -0.25) is 19.5 Å². The summed E-state index contributed by atoms with van der Waals surface area (Å²) in [6, 6.07) is 15.9. The molecule has 1 N–H and O–H groups in total. The lowest BCUT2D eigenvalue weighted by Gasteiger charge is -2.24. The number of hydrogen-bond acceptors (Lipinski definition) is 5. The monoisotopic (exact) mass is 404 g/mol. The number of hydrogen-bond donors (Lipinski definition) is 1. The number of carbonyl (C=O) groups is 2. The van der Waals surface area contributed by atoms with Crippen LogP contribution in [0.3, 0.4) is 0 Å². The second-order valence-corrected chi connectivity index (χ2v) is 6.63. The minimum absolute atomic E-state index is 0.101. The molecule has 2 aromatic carbocycles. The summed E-state index contributed by atoms with van der Waals surface area (Å²) in [6.07, 6.45) is 1.53. The molecule has 0 saturated carbocycles. The molecule has 1 aromatic heterocycles. The highest BCUT2D eigenvalue weighted by Crippen LogP contribution is 2.41. The average Bonchev–Trinajstić information content (AvgIpc) is 3.05. The number of ketones is 1. The molecule has 1 aliphatic heterocycles. The van der Waals surface area contributed by atoms with Gasteiger partial charge in [0.25, 0.3) is 11.7 Å². The van der Waals surface area contributed by atoms with Gasteiger partial charge in [0.1, 0.15) is 23.4 Å². The van der Waals surface area contributed by atoms with Crippen molar-refractivity contribution in [2.45, 2.75) is 6.04 Å². The Morgan fingerprint density at radius 1 is 1.07 bits per heavy atom. The molecule has 1 fully saturated rings. The summed E-state index contributed by atoms with van der Waals surface area (Å²) in [5.41, 5.74) is 0.938. The highest BCUT2D eigenvalue weighted by molar-refractivity contribution is 6.51. The van der Waals surface area contributed by atoms with Gasteiger partial charge in [0.2, 0.25) is 0 Å². The lowest BCUT2D eigenvalue weighted by Crippen LogP contribution is -2.29. The van der Waals surface area contributed by atoms with Gasteiger partial charge >= 0.3 is 0 Å². The molecular formula is C23H17FN2O4. The molecule has 1 aliphatic rings. The van der Waals surface area contributed by atoms with Gasteiger partial charge in [-0.1, -0.05) is 18.2 Å². The predicted octanol–water partition coefficient (Wildman–Crippen LogP) is 3.86. The Labute approximate surface area is 171 Å². The molecule has 0 aliphatic carbocycles. The highest BCUT2D eigenvalue weighted by atomic mass is 19.1. The van der Waals surface area contributed by atoms with Crippen molar-refractivity contribution in [1.82, 2.24) is 4.98 Å². The van der Waals surface area contributed by atoms with Crippen LogP contribution in [0.25, 0.3) is 5.76 Å². The summed E-state index contributed by atoms with van der Waals surface area (Å²) in [5, 5.41) is 11.0. The van der Waals surface area contributed by atoms with E-state index in [0.29, 0.717) is 22.7 Å². The zero-order chi connectivity index (χ0) is 21.3. The van der Waals surface area contributed by atoms with Gasteiger partial charge < -0.3 is 9.84 Å². The van der Waals surface area contributed by atoms with Gasteiger partial charge in [-0.25, -0.2) is 4.39 Å². The Hall–Kier alpha value is -4.00. The molecule has 1 atom stereocenters. The number of methoxy groups -OCH3 is 1. The van der Waals surface area contributed by atoms with Gasteiger partial charge in [0, 0.05) is 17.4 Å². The first kappa shape index (κ1) is 19.3. The van der Waals surface area contributed by atoms with Gasteiger partial charge in [0.15, 0.2) is 0 Å². The van der Waals surface area contributed by atoms with Crippen LogP contribution in [0.15, 0.2) is 78.5 Å². The molecule has 1 amide bonds. The standard InChI is InChI=1S/C23H17FN2O4/c1-30-17-6-4-5-14(13-17)21(27)19-20(18-7-2-3-12-25-18)26(23(29)22(19)28)16-10-8-15(24)9-11-16/h2-13,20,27H,1H3/b21-19-. The number of nitrogens with zero attached hydrogens (tertiary/aromatic N) is 2. The second-order valence-electron chi connectivity index (χ2n) is 6.63. The van der Waals surface area contributed by atoms with Crippen molar-refractivity contribution in [3.05, 3.63) is 95.6 Å². The van der Waals surface area contributed by atoms with Crippen molar-refractivity contribution in [2.24, 2.45) is 0 Å². The number of ether oxygens (including phenoxy) is 1. The van der Waals surface area contributed by atoms with Gasteiger partial charge in [-0.15, -0.1) is 0 Å². The molecule has 3 aromatic rings. The molecule has 6 nitrogen and oxygen atoms in total. The topological polar surface area (TPSA) is 79.7 Å². The molecule has 2 heterocycles. The second kappa shape index (κ2) is 7.79. The number of rotatable bonds is 4. The van der Waals surface area contributed by atoms with Gasteiger partial charge in [-0.05, 0) is 48.5 Å². The molecule has 30 heavy (non-hydrogen) atoms. The summed E-state index contributed by atoms with van der Waals surface area (Å²) in [7, 11) is 1.49. The SMILES string of the molecule is COc1cccc(/C(O)=C2/C(=O)C(=O)N(c3ccc(F)cc3)C2c2ccccn2)c1. The lowest BCUT2D eigenvalue weighted by atomic mass is 9.98. The largest absolute Gasteiger partial charge is 0.507 e. The van der Waals surface area contributed by atoms with Crippen molar-refractivity contribution in [2.75, 3.05) is 12.0 Å². The smallest absolute Gasteiger partial charge is 0.300 e. The Bertz CT molecular complexity index is 1140. The zero-order valence-electron chi connectivity index (χ0n) is 15.9. The molecule has 150 valence electrons. The first-order valence-electron chi connectivity index (χ1n) is 9.13. The van der Waals surface area contributed by atoms with Crippen LogP contribution in [-0.2, 0) is 9.59 Å². The van der Waals surface area contributed by atoms with Gasteiger partial charge in [-0.2, -0.15) is 0 Å². The Balaban J connectivity index is 1.93. The minimum atomic E-state index is -0.970. The molecule has 0 bridgehead atoms. The summed E-state index contributed by atoms with van der Waals surface area (Å²) < 4.78 is 18.6. The molecule has 1 unspecified atom stereocenters. The fraction of sp³-hybridized carbons (Fsp3) is 0.0870. The highest BCUT2D eigenvalue weighted by Gasteiger charge is 2.47. The van der Waals surface area contributed by atoms with Crippen LogP contribution in [0.4, 0.5) is 10.1 Å². The van der Waals surface area contributed by atoms with E-state index in [0.717, 1.165) is 0 Å². The van der Waals surface area contributed by atoms with Crippen molar-refractivity contribution >= 4 is 23.1 Å². The first-order chi connectivity index (χ1) is 14.5. The van der Waals surface area contributed by atoms with E-state index in [2.05, 4.69) is 4.98 Å². The van der Waals surface area contributed by atoms with E-state index < -0.39 is 23.5 Å². The molecular weight excluding hydrogens is 387 g/mol. The first-order valence-corrected chi connectivity index (χ1v) is 9.13. The predicted molar refractivity (Wildman–Crippen MR) is 108 cm³/mol. The van der Waals surface area contributed by atoms with E-state index in [1.807, 2.05) is 0 Å². The van der Waals surface area contributed by atoms with Crippen LogP contribution in [0.1, 0.15) is 17.3 Å². The number of aliphatic hydroxyl groups excluding tert-OH is 1. The third-order valence-electron chi connectivity index (χ3n) is 4.86. The number of aliphatic hydroxyl groups is 1. The maximum Gasteiger partial charge on any atom is 0.300 e. The number of halogens is 1. The summed E-state index contributed by atoms with van der Waals surface area (Å²) in [6.45, 7) is 0. The minimum Gasteiger partial charge on any atom is -0.507 e. The summed E-state index contributed by atoms with van der Waals surface area (Å²) in [5.74, 6) is -2.01. The number of benzene rings is 2. The van der Waals surface area contributed by atoms with Crippen LogP contribution >= 0.6 is 0 Å². The zero-order valence-corrected chi connectivity index (χ0v) is 15.9. The van der Waals surface area contributed by atoms with Gasteiger partial charge in [0.05, 0.1) is 18.4 Å². The molecule has 7 heteroatoms. The lowest BCUT2D eigenvalue weighted by molar-refractivity contribution is -0.132. The number of anilines is 1. The molecule has 4 rings (SSSR count). The molecule has 0 radical (unpaired) electrons. The third-order valence-corrected chi connectivity index (χ3v) is 4.86. The van der Waals surface area contributed by atoms with Crippen LogP contribution in [0.5, 0.6) is 5.75 Å². The van der Waals surface area contributed by atoms with E-state index in [1.54, 1.807) is 42.5 Å². The van der Waals surface area contributed by atoms with Crippen molar-refractivity contribution in [3.8, 4) is 5.75 Å². The number of carbonyl (C=O) groups excluding carboxylic acids is 2. The van der Waals surface area contributed by atoms with Crippen LogP contribution in [-0.4, -0.2) is 28.9 Å². The fourth-order valence-electron chi connectivity index (χ4n) is 3.44. The molecule has 1 saturated heterocycles. The molecule has 0 spiro atoms. The van der Waals surface area contributed by atoms with E-state index in [1.165, 1.54) is 42.5 Å². The van der Waals surface area contributed by atoms with E-state index in [9.17, 15) is 19.1 Å². The van der Waals surface area contributed by atoms with E-state index in [-0.39, 0.29) is 11.3 Å². The van der Waals surface area contributed by atoms with Crippen molar-refractivity contribution in [1.29, 1.82) is 0 Å². The number of Topliss-reactive ketones (excluding diaryl/α,β-unsaturated/α-hetero) is 1. The Morgan fingerprint density at radius 2 is 1.83 bits per heavy atom. The number of aromatic nitrogens is 1. The van der Waals surface area contributed by atoms with E-state index >= 15 is 0 Å². The van der Waals surface area contributed by atoms with Crippen LogP contribution in [0.2, 0.25) is 0 Å². The maximum absolute atomic E-state index is 13.4. The summed E-state index contributed by atoms with van der Waals surface area (Å²) in [4.78, 5) is 31.4. The van der Waals surface area contributed by atoms with Crippen molar-refractivity contribution in [3.63, 3.8) is 0 Å². The Kier molecular flexibility index (Phi) is 5.02. The quantitative estimate of drug-likeness (QED) is 0.406. The maximum atomic E-state index is 13.4. The fourth-order valence-corrected chi connectivity index (χ4v) is 3.44. The summed E-state index contributed by atoms with van der Waals surface area (Å²) >= 11 is 0. The van der Waals surface area contributed by atoms with E-state index in [4.69, 9.17) is 4.74 Å². The normalized spacial score (nSPS) is 17.9. The van der Waals surface area contributed by atoms with Crippen LogP contribution < -0.4 is 9.64 Å². The number of amides is 1. The van der Waals surface area contributed by atoms with Crippen LogP contribution in [0, 0.1) is 5.82 Å². The number of pyridine rings is 1. The Morgan fingerprint density at radius 3 is 2.50 bits per heavy atom. The third kappa shape index (κ3) is 3.30. The van der Waals surface area contributed by atoms with Crippen molar-refractivity contribution < 1.29 is 23.8 Å².